The second-order valence-corrected chi connectivity index (χ2v) is 7.18. The quantitative estimate of drug-likeness (QED) is 0.169. The van der Waals surface area contributed by atoms with Crippen LogP contribution in [0.25, 0.3) is 0 Å². The van der Waals surface area contributed by atoms with E-state index in [4.69, 9.17) is 5.26 Å². The number of carbonyl (C=O) groups is 1. The van der Waals surface area contributed by atoms with Crippen LogP contribution < -0.4 is 16.0 Å². The zero-order valence-electron chi connectivity index (χ0n) is 14.6. The van der Waals surface area contributed by atoms with Gasteiger partial charge in [0.15, 0.2) is 6.19 Å². The molecule has 136 valence electrons. The lowest BCUT2D eigenvalue weighted by Crippen LogP contribution is -2.37. The van der Waals surface area contributed by atoms with E-state index in [1.165, 1.54) is 0 Å². The molecule has 0 aromatic carbocycles. The van der Waals surface area contributed by atoms with Crippen molar-refractivity contribution in [2.24, 2.45) is 16.8 Å². The van der Waals surface area contributed by atoms with Gasteiger partial charge in [-0.2, -0.15) is 17.0 Å². The summed E-state index contributed by atoms with van der Waals surface area (Å²) in [5.41, 5.74) is 1.06. The maximum absolute atomic E-state index is 11.7. The maximum atomic E-state index is 11.7. The summed E-state index contributed by atoms with van der Waals surface area (Å²) < 4.78 is 0. The number of aryl methyl sites for hydroxylation is 1. The Morgan fingerprint density at radius 3 is 2.96 bits per heavy atom. The third-order valence-corrected chi connectivity index (χ3v) is 4.80. The molecule has 2 atom stereocenters. The molecule has 1 fully saturated rings. The van der Waals surface area contributed by atoms with Crippen molar-refractivity contribution < 1.29 is 4.79 Å². The molecule has 1 aliphatic carbocycles. The van der Waals surface area contributed by atoms with E-state index in [0.29, 0.717) is 31.5 Å². The number of carbonyl (C=O) groups excluding carboxylic acids is 1. The number of rotatable bonds is 9. The molecule has 0 aliphatic heterocycles. The van der Waals surface area contributed by atoms with Gasteiger partial charge in [-0.3, -0.25) is 15.1 Å². The number of thioether (sulfide) groups is 1. The molecule has 1 heterocycles. The third kappa shape index (κ3) is 7.05. The Morgan fingerprint density at radius 1 is 1.52 bits per heavy atom. The summed E-state index contributed by atoms with van der Waals surface area (Å²) in [7, 11) is 0. The van der Waals surface area contributed by atoms with Gasteiger partial charge in [-0.05, 0) is 19.3 Å². The van der Waals surface area contributed by atoms with E-state index in [9.17, 15) is 4.79 Å². The van der Waals surface area contributed by atoms with E-state index in [0.717, 1.165) is 29.4 Å². The molecule has 25 heavy (non-hydrogen) atoms. The van der Waals surface area contributed by atoms with Crippen molar-refractivity contribution in [1.29, 1.82) is 5.26 Å². The topological polar surface area (TPSA) is 118 Å². The number of nitrogens with one attached hydrogen (secondary N) is 4. The van der Waals surface area contributed by atoms with Crippen LogP contribution in [0.3, 0.4) is 0 Å². The Hall–Kier alpha value is -2.21. The molecule has 1 aromatic rings. The van der Waals surface area contributed by atoms with Crippen LogP contribution in [0.5, 0.6) is 0 Å². The lowest BCUT2D eigenvalue weighted by molar-refractivity contribution is -0.122. The van der Waals surface area contributed by atoms with Crippen LogP contribution in [-0.4, -0.2) is 47.2 Å². The number of imidazole rings is 1. The average molecular weight is 363 g/mol. The first-order chi connectivity index (χ1) is 12.1. The molecule has 2 rings (SSSR count). The Labute approximate surface area is 152 Å². The van der Waals surface area contributed by atoms with Gasteiger partial charge in [-0.25, -0.2) is 4.98 Å². The average Bonchev–Trinajstić information content (AvgIpc) is 3.18. The minimum atomic E-state index is 0.106. The summed E-state index contributed by atoms with van der Waals surface area (Å²) in [5.74, 6) is 3.87. The third-order valence-electron chi connectivity index (χ3n) is 3.83. The fraction of sp³-hybridized carbons (Fsp3) is 0.625. The fourth-order valence-corrected chi connectivity index (χ4v) is 3.04. The largest absolute Gasteiger partial charge is 0.355 e. The Kier molecular flexibility index (Phi) is 7.60. The number of hydrogen-bond acceptors (Lipinski definition) is 5. The van der Waals surface area contributed by atoms with Crippen LogP contribution >= 0.6 is 11.8 Å². The van der Waals surface area contributed by atoms with Gasteiger partial charge in [0, 0.05) is 36.7 Å². The number of hydrogen-bond donors (Lipinski definition) is 4. The zero-order chi connectivity index (χ0) is 18.1. The molecule has 0 bridgehead atoms. The molecule has 8 nitrogen and oxygen atoms in total. The highest BCUT2D eigenvalue weighted by Gasteiger charge is 2.38. The Balaban J connectivity index is 1.58. The second-order valence-electron chi connectivity index (χ2n) is 6.07. The first kappa shape index (κ1) is 19.1. The van der Waals surface area contributed by atoms with Gasteiger partial charge in [0.2, 0.25) is 11.9 Å². The van der Waals surface area contributed by atoms with E-state index in [1.54, 1.807) is 11.8 Å². The van der Waals surface area contributed by atoms with Crippen LogP contribution in [0.4, 0.5) is 0 Å². The van der Waals surface area contributed by atoms with Crippen molar-refractivity contribution in [2.45, 2.75) is 26.0 Å². The first-order valence-corrected chi connectivity index (χ1v) is 9.55. The van der Waals surface area contributed by atoms with Crippen molar-refractivity contribution in [2.75, 3.05) is 25.4 Å². The van der Waals surface area contributed by atoms with Gasteiger partial charge in [0.25, 0.3) is 0 Å². The number of aliphatic imine (C=N–C) groups is 1. The monoisotopic (exact) mass is 363 g/mol. The normalized spacial score (nSPS) is 19.2. The number of nitrogens with zero attached hydrogens (tertiary/aromatic N) is 3. The Morgan fingerprint density at radius 2 is 2.32 bits per heavy atom. The van der Waals surface area contributed by atoms with Crippen molar-refractivity contribution in [3.63, 3.8) is 0 Å². The zero-order valence-corrected chi connectivity index (χ0v) is 15.4. The summed E-state index contributed by atoms with van der Waals surface area (Å²) in [5, 5.41) is 17.3. The van der Waals surface area contributed by atoms with Gasteiger partial charge in [-0.1, -0.05) is 6.92 Å². The van der Waals surface area contributed by atoms with Gasteiger partial charge in [-0.15, -0.1) is 0 Å². The molecule has 4 N–H and O–H groups in total. The standard InChI is InChI=1S/C16H25N7OS/c1-11-7-13(11)15(24)18-3-4-19-16(22-10-17)20-5-6-25-9-14-21-8-12(2)23-14/h8,11,13H,3-7,9H2,1-2H3,(H,18,24)(H,21,23)(H2,19,20,22). The van der Waals surface area contributed by atoms with Crippen LogP contribution in [0.1, 0.15) is 24.9 Å². The summed E-state index contributed by atoms with van der Waals surface area (Å²) in [6.45, 7) is 5.65. The second kappa shape index (κ2) is 9.93. The fourth-order valence-electron chi connectivity index (χ4n) is 2.31. The van der Waals surface area contributed by atoms with Gasteiger partial charge < -0.3 is 15.6 Å². The molecule has 0 saturated heterocycles. The number of aromatic nitrogens is 2. The molecule has 9 heteroatoms. The predicted octanol–water partition coefficient (Wildman–Crippen LogP) is 0.740. The van der Waals surface area contributed by atoms with Crippen molar-refractivity contribution >= 4 is 23.6 Å². The van der Waals surface area contributed by atoms with Crippen LogP contribution in [0.2, 0.25) is 0 Å². The summed E-state index contributed by atoms with van der Waals surface area (Å²) in [6.07, 6.45) is 4.67. The minimum absolute atomic E-state index is 0.106. The van der Waals surface area contributed by atoms with Gasteiger partial charge >= 0.3 is 0 Å². The van der Waals surface area contributed by atoms with E-state index >= 15 is 0 Å². The van der Waals surface area contributed by atoms with Crippen molar-refractivity contribution in [1.82, 2.24) is 25.9 Å². The SMILES string of the molecule is Cc1cnc(CSCCNC(=NCCNC(=O)C2CC2C)NC#N)[nH]1. The van der Waals surface area contributed by atoms with Crippen LogP contribution in [0, 0.1) is 30.2 Å². The number of H-pyrrole nitrogens is 1. The van der Waals surface area contributed by atoms with E-state index in [2.05, 4.69) is 37.8 Å². The molecule has 0 spiro atoms. The molecular formula is C16H25N7OS. The van der Waals surface area contributed by atoms with Crippen molar-refractivity contribution in [3.05, 3.63) is 17.7 Å². The number of guanidine groups is 1. The molecule has 1 amide bonds. The van der Waals surface area contributed by atoms with Crippen LogP contribution in [-0.2, 0) is 10.5 Å². The highest BCUT2D eigenvalue weighted by atomic mass is 32.2. The van der Waals surface area contributed by atoms with Gasteiger partial charge in [0.1, 0.15) is 5.82 Å². The van der Waals surface area contributed by atoms with E-state index < -0.39 is 0 Å². The van der Waals surface area contributed by atoms with E-state index in [1.807, 2.05) is 19.3 Å². The lowest BCUT2D eigenvalue weighted by Gasteiger charge is -2.08. The maximum Gasteiger partial charge on any atom is 0.223 e. The first-order valence-electron chi connectivity index (χ1n) is 8.39. The summed E-state index contributed by atoms with van der Waals surface area (Å²) >= 11 is 1.74. The molecular weight excluding hydrogens is 338 g/mol. The number of aromatic amines is 1. The Bertz CT molecular complexity index is 637. The predicted molar refractivity (Wildman–Crippen MR) is 98.8 cm³/mol. The molecule has 1 aliphatic rings. The minimum Gasteiger partial charge on any atom is -0.355 e. The molecule has 0 radical (unpaired) electrons. The van der Waals surface area contributed by atoms with Gasteiger partial charge in [0.05, 0.1) is 12.3 Å². The molecule has 1 aromatic heterocycles. The van der Waals surface area contributed by atoms with E-state index in [-0.39, 0.29) is 11.8 Å². The lowest BCUT2D eigenvalue weighted by atomic mass is 10.3. The highest BCUT2D eigenvalue weighted by Crippen LogP contribution is 2.37. The molecule has 2 unspecified atom stereocenters. The molecule has 1 saturated carbocycles. The van der Waals surface area contributed by atoms with Crippen LogP contribution in [0.15, 0.2) is 11.2 Å². The summed E-state index contributed by atoms with van der Waals surface area (Å²) in [4.78, 5) is 23.4. The number of nitriles is 1. The smallest absolute Gasteiger partial charge is 0.223 e. The summed E-state index contributed by atoms with van der Waals surface area (Å²) in [6, 6.07) is 0. The number of amides is 1. The van der Waals surface area contributed by atoms with Crippen molar-refractivity contribution in [3.8, 4) is 6.19 Å². The highest BCUT2D eigenvalue weighted by molar-refractivity contribution is 7.98.